The van der Waals surface area contributed by atoms with E-state index in [0.29, 0.717) is 5.89 Å². The molecule has 16 heavy (non-hydrogen) atoms. The molecule has 0 N–H and O–H groups in total. The van der Waals surface area contributed by atoms with Gasteiger partial charge in [0.25, 0.3) is 5.89 Å². The SMILES string of the molecule is CCOC(=O)c1nnc(-c2cc(C)cs2)o1. The van der Waals surface area contributed by atoms with Crippen molar-refractivity contribution in [3.63, 3.8) is 0 Å². The van der Waals surface area contributed by atoms with Crippen molar-refractivity contribution in [1.29, 1.82) is 0 Å². The topological polar surface area (TPSA) is 65.2 Å². The maximum atomic E-state index is 11.3. The fourth-order valence-corrected chi connectivity index (χ4v) is 1.96. The van der Waals surface area contributed by atoms with Gasteiger partial charge in [-0.1, -0.05) is 0 Å². The third-order valence-electron chi connectivity index (χ3n) is 1.82. The molecule has 5 nitrogen and oxygen atoms in total. The molecular weight excluding hydrogens is 228 g/mol. The second-order valence-corrected chi connectivity index (χ2v) is 4.03. The quantitative estimate of drug-likeness (QED) is 0.767. The molecule has 0 saturated heterocycles. The molecule has 0 aliphatic heterocycles. The summed E-state index contributed by atoms with van der Waals surface area (Å²) >= 11 is 1.49. The summed E-state index contributed by atoms with van der Waals surface area (Å²) in [7, 11) is 0. The first-order valence-electron chi connectivity index (χ1n) is 4.77. The van der Waals surface area contributed by atoms with Gasteiger partial charge in [-0.15, -0.1) is 21.5 Å². The smallest absolute Gasteiger partial charge is 0.396 e. The van der Waals surface area contributed by atoms with Gasteiger partial charge in [-0.3, -0.25) is 0 Å². The van der Waals surface area contributed by atoms with Gasteiger partial charge in [0.2, 0.25) is 0 Å². The molecule has 2 heterocycles. The van der Waals surface area contributed by atoms with E-state index in [2.05, 4.69) is 10.2 Å². The van der Waals surface area contributed by atoms with E-state index in [1.165, 1.54) is 11.3 Å². The molecule has 2 aromatic rings. The summed E-state index contributed by atoms with van der Waals surface area (Å²) in [5, 5.41) is 9.41. The van der Waals surface area contributed by atoms with Gasteiger partial charge in [0.15, 0.2) is 0 Å². The summed E-state index contributed by atoms with van der Waals surface area (Å²) in [6.07, 6.45) is 0. The monoisotopic (exact) mass is 238 g/mol. The lowest BCUT2D eigenvalue weighted by molar-refractivity contribution is 0.0481. The molecule has 0 radical (unpaired) electrons. The Balaban J connectivity index is 2.22. The molecule has 84 valence electrons. The van der Waals surface area contributed by atoms with E-state index >= 15 is 0 Å². The number of aromatic nitrogens is 2. The Morgan fingerprint density at radius 1 is 1.56 bits per heavy atom. The maximum absolute atomic E-state index is 11.3. The van der Waals surface area contributed by atoms with E-state index in [-0.39, 0.29) is 12.5 Å². The molecule has 2 aromatic heterocycles. The van der Waals surface area contributed by atoms with E-state index < -0.39 is 5.97 Å². The molecule has 6 heteroatoms. The van der Waals surface area contributed by atoms with Gasteiger partial charge in [0.05, 0.1) is 11.5 Å². The summed E-state index contributed by atoms with van der Waals surface area (Å²) in [6.45, 7) is 3.98. The van der Waals surface area contributed by atoms with Crippen LogP contribution in [0.1, 0.15) is 23.2 Å². The zero-order valence-electron chi connectivity index (χ0n) is 8.89. The van der Waals surface area contributed by atoms with E-state index in [0.717, 1.165) is 10.4 Å². The van der Waals surface area contributed by atoms with E-state index in [9.17, 15) is 4.79 Å². The molecule has 0 aromatic carbocycles. The number of rotatable bonds is 3. The highest BCUT2D eigenvalue weighted by molar-refractivity contribution is 7.13. The molecule has 0 bridgehead atoms. The van der Waals surface area contributed by atoms with Crippen molar-refractivity contribution < 1.29 is 13.9 Å². The zero-order valence-corrected chi connectivity index (χ0v) is 9.71. The van der Waals surface area contributed by atoms with Crippen LogP contribution >= 0.6 is 11.3 Å². The lowest BCUT2D eigenvalue weighted by Gasteiger charge is -1.93. The van der Waals surface area contributed by atoms with Crippen molar-refractivity contribution in [2.75, 3.05) is 6.61 Å². The summed E-state index contributed by atoms with van der Waals surface area (Å²) in [5.74, 6) is -0.349. The fraction of sp³-hybridized carbons (Fsp3) is 0.300. The highest BCUT2D eigenvalue weighted by Crippen LogP contribution is 2.25. The minimum Gasteiger partial charge on any atom is -0.459 e. The first kappa shape index (κ1) is 10.8. The second-order valence-electron chi connectivity index (χ2n) is 3.12. The normalized spacial score (nSPS) is 10.4. The van der Waals surface area contributed by atoms with Crippen molar-refractivity contribution >= 4 is 17.3 Å². The number of ether oxygens (including phenoxy) is 1. The summed E-state index contributed by atoms with van der Waals surface area (Å²) < 4.78 is 9.96. The molecule has 0 saturated carbocycles. The van der Waals surface area contributed by atoms with Crippen LogP contribution < -0.4 is 0 Å². The van der Waals surface area contributed by atoms with E-state index in [4.69, 9.17) is 9.15 Å². The summed E-state index contributed by atoms with van der Waals surface area (Å²) in [5.41, 5.74) is 1.12. The Morgan fingerprint density at radius 2 is 2.38 bits per heavy atom. The molecule has 2 rings (SSSR count). The number of aryl methyl sites for hydroxylation is 1. The lowest BCUT2D eigenvalue weighted by Crippen LogP contribution is -2.04. The predicted molar refractivity (Wildman–Crippen MR) is 58.3 cm³/mol. The predicted octanol–water partition coefficient (Wildman–Crippen LogP) is 2.28. The number of nitrogens with zero attached hydrogens (tertiary/aromatic N) is 2. The van der Waals surface area contributed by atoms with Gasteiger partial charge in [-0.25, -0.2) is 4.79 Å². The van der Waals surface area contributed by atoms with Crippen LogP contribution in [0.2, 0.25) is 0 Å². The maximum Gasteiger partial charge on any atom is 0.396 e. The molecule has 0 aliphatic carbocycles. The van der Waals surface area contributed by atoms with Crippen molar-refractivity contribution in [3.8, 4) is 10.8 Å². The van der Waals surface area contributed by atoms with Crippen LogP contribution in [-0.4, -0.2) is 22.8 Å². The van der Waals surface area contributed by atoms with Crippen molar-refractivity contribution in [1.82, 2.24) is 10.2 Å². The average molecular weight is 238 g/mol. The number of thiophene rings is 1. The van der Waals surface area contributed by atoms with E-state index in [1.54, 1.807) is 6.92 Å². The van der Waals surface area contributed by atoms with Gasteiger partial charge in [0, 0.05) is 0 Å². The van der Waals surface area contributed by atoms with Gasteiger partial charge in [-0.2, -0.15) is 0 Å². The Morgan fingerprint density at radius 3 is 3.00 bits per heavy atom. The van der Waals surface area contributed by atoms with Crippen LogP contribution in [0, 0.1) is 6.92 Å². The second kappa shape index (κ2) is 4.44. The average Bonchev–Trinajstić information content (AvgIpc) is 2.85. The van der Waals surface area contributed by atoms with Crippen molar-refractivity contribution in [3.05, 3.63) is 22.9 Å². The Hall–Kier alpha value is -1.69. The zero-order chi connectivity index (χ0) is 11.5. The molecule has 0 fully saturated rings. The Kier molecular flexibility index (Phi) is 3.00. The minimum atomic E-state index is -0.588. The van der Waals surface area contributed by atoms with Crippen LogP contribution in [0.15, 0.2) is 15.9 Å². The fourth-order valence-electron chi connectivity index (χ4n) is 1.14. The van der Waals surface area contributed by atoms with Crippen LogP contribution in [0.3, 0.4) is 0 Å². The molecule has 0 aliphatic rings. The molecule has 0 amide bonds. The van der Waals surface area contributed by atoms with Gasteiger partial charge in [0.1, 0.15) is 0 Å². The van der Waals surface area contributed by atoms with E-state index in [1.807, 2.05) is 18.4 Å². The largest absolute Gasteiger partial charge is 0.459 e. The minimum absolute atomic E-state index is 0.108. The number of hydrogen-bond acceptors (Lipinski definition) is 6. The number of hydrogen-bond donors (Lipinski definition) is 0. The first-order valence-corrected chi connectivity index (χ1v) is 5.64. The van der Waals surface area contributed by atoms with Crippen molar-refractivity contribution in [2.24, 2.45) is 0 Å². The van der Waals surface area contributed by atoms with Gasteiger partial charge < -0.3 is 9.15 Å². The van der Waals surface area contributed by atoms with Crippen LogP contribution in [0.4, 0.5) is 0 Å². The van der Waals surface area contributed by atoms with Gasteiger partial charge >= 0.3 is 11.9 Å². The third-order valence-corrected chi connectivity index (χ3v) is 2.85. The summed E-state index contributed by atoms with van der Waals surface area (Å²) in [6, 6.07) is 1.92. The van der Waals surface area contributed by atoms with Crippen LogP contribution in [0.25, 0.3) is 10.8 Å². The molecular formula is C10H10N2O3S. The molecule has 0 unspecified atom stereocenters. The number of esters is 1. The highest BCUT2D eigenvalue weighted by atomic mass is 32.1. The molecule has 0 atom stereocenters. The highest BCUT2D eigenvalue weighted by Gasteiger charge is 2.17. The Labute approximate surface area is 96.1 Å². The van der Waals surface area contributed by atoms with Crippen molar-refractivity contribution in [2.45, 2.75) is 13.8 Å². The number of carbonyl (C=O) groups excluding carboxylic acids is 1. The van der Waals surface area contributed by atoms with Crippen LogP contribution in [-0.2, 0) is 4.74 Å². The lowest BCUT2D eigenvalue weighted by atomic mass is 10.3. The first-order chi connectivity index (χ1) is 7.70. The Bertz CT molecular complexity index is 504. The van der Waals surface area contributed by atoms with Gasteiger partial charge in [-0.05, 0) is 30.9 Å². The summed E-state index contributed by atoms with van der Waals surface area (Å²) in [4.78, 5) is 12.1. The third kappa shape index (κ3) is 2.11. The van der Waals surface area contributed by atoms with Crippen LogP contribution in [0.5, 0.6) is 0 Å². The standard InChI is InChI=1S/C10H10N2O3S/c1-3-14-10(13)9-12-11-8(15-9)7-4-6(2)5-16-7/h4-5H,3H2,1-2H3. The number of carbonyl (C=O) groups is 1. The molecule has 0 spiro atoms.